The van der Waals surface area contributed by atoms with Gasteiger partial charge >= 0.3 is 0 Å². The predicted molar refractivity (Wildman–Crippen MR) is 168 cm³/mol. The summed E-state index contributed by atoms with van der Waals surface area (Å²) in [5, 5.41) is 8.59. The van der Waals surface area contributed by atoms with Crippen LogP contribution in [0.2, 0.25) is 0 Å². The molecule has 0 fully saturated rings. The van der Waals surface area contributed by atoms with E-state index in [9.17, 15) is 19.2 Å². The Bertz CT molecular complexity index is 1760. The molecule has 10 nitrogen and oxygen atoms in total. The first kappa shape index (κ1) is 32.3. The van der Waals surface area contributed by atoms with Gasteiger partial charge in [-0.15, -0.1) is 0 Å². The van der Waals surface area contributed by atoms with Crippen LogP contribution < -0.4 is 10.9 Å². The average molecular weight is 646 g/mol. The number of hydrogen-bond donors (Lipinski definition) is 2. The summed E-state index contributed by atoms with van der Waals surface area (Å²) in [6.45, 7) is 4.01. The molecule has 45 heavy (non-hydrogen) atoms. The number of hydrogen-bond acceptors (Lipinski definition) is 10. The van der Waals surface area contributed by atoms with E-state index >= 15 is 0 Å². The number of aryl methyl sites for hydroxylation is 2. The second-order valence-electron chi connectivity index (χ2n) is 9.84. The normalized spacial score (nSPS) is 14.9. The van der Waals surface area contributed by atoms with E-state index in [1.807, 2.05) is 62.4 Å². The number of aldehydes is 2. The Labute approximate surface area is 269 Å². The van der Waals surface area contributed by atoms with Gasteiger partial charge in [0.25, 0.3) is 0 Å². The summed E-state index contributed by atoms with van der Waals surface area (Å²) < 4.78 is 0. The molecular formula is C34H26CuN6O4. The molecular weight excluding hydrogens is 620 g/mol. The van der Waals surface area contributed by atoms with Gasteiger partial charge in [0.1, 0.15) is 11.4 Å². The summed E-state index contributed by atoms with van der Waals surface area (Å²) in [4.78, 5) is 54.3. The zero-order valence-electron chi connectivity index (χ0n) is 24.1. The van der Waals surface area contributed by atoms with Crippen LogP contribution in [-0.2, 0) is 26.7 Å². The molecule has 2 aliphatic carbocycles. The molecule has 2 N–H and O–H groups in total. The van der Waals surface area contributed by atoms with Gasteiger partial charge in [-0.05, 0) is 74.5 Å². The fourth-order valence-electron chi connectivity index (χ4n) is 4.31. The van der Waals surface area contributed by atoms with E-state index in [2.05, 4.69) is 31.0 Å². The van der Waals surface area contributed by atoms with E-state index in [-0.39, 0.29) is 51.2 Å². The number of allylic oxidation sites excluding steroid dienone is 4. The molecule has 0 bridgehead atoms. The number of nitrogens with zero attached hydrogens (tertiary/aromatic N) is 4. The average Bonchev–Trinajstić information content (AvgIpc) is 3.06. The number of nitrogens with one attached hydrogen (secondary N) is 2. The van der Waals surface area contributed by atoms with Gasteiger partial charge in [-0.3, -0.25) is 40.0 Å². The molecule has 0 saturated carbocycles. The van der Waals surface area contributed by atoms with E-state index in [1.54, 1.807) is 24.3 Å². The van der Waals surface area contributed by atoms with Crippen LogP contribution in [0.3, 0.4) is 0 Å². The Morgan fingerprint density at radius 2 is 0.978 bits per heavy atom. The van der Waals surface area contributed by atoms with E-state index in [1.165, 1.54) is 24.5 Å². The molecule has 4 aromatic rings. The third kappa shape index (κ3) is 7.48. The molecule has 2 aliphatic rings. The minimum Gasteiger partial charge on any atom is -0.298 e. The number of Topliss-reactive ketones (excluding diaryl/α,β-unsaturated/α-hetero) is 2. The van der Waals surface area contributed by atoms with Crippen molar-refractivity contribution in [3.05, 3.63) is 142 Å². The van der Waals surface area contributed by atoms with Gasteiger partial charge in [-0.2, -0.15) is 10.2 Å². The van der Waals surface area contributed by atoms with E-state index in [0.29, 0.717) is 35.1 Å². The number of ketones is 2. The van der Waals surface area contributed by atoms with Crippen LogP contribution in [0.15, 0.2) is 119 Å². The van der Waals surface area contributed by atoms with Crippen LogP contribution in [-0.4, -0.2) is 45.5 Å². The van der Waals surface area contributed by atoms with E-state index in [4.69, 9.17) is 0 Å². The number of carbonyl (C=O) groups excluding carboxylic acids is 4. The minimum absolute atomic E-state index is 0. The summed E-state index contributed by atoms with van der Waals surface area (Å²) in [6.07, 6.45) is 7.05. The number of carbonyl (C=O) groups is 4. The van der Waals surface area contributed by atoms with Crippen molar-refractivity contribution >= 4 is 46.9 Å². The molecule has 1 radical (unpaired) electrons. The van der Waals surface area contributed by atoms with Crippen molar-refractivity contribution in [1.29, 1.82) is 0 Å². The van der Waals surface area contributed by atoms with Crippen LogP contribution in [0.25, 0.3) is 0 Å². The molecule has 0 unspecified atom stereocenters. The largest absolute Gasteiger partial charge is 0.298 e. The molecule has 227 valence electrons. The monoisotopic (exact) mass is 645 g/mol. The van der Waals surface area contributed by atoms with Crippen molar-refractivity contribution in [3.63, 3.8) is 0 Å². The fourth-order valence-corrected chi connectivity index (χ4v) is 4.31. The zero-order valence-corrected chi connectivity index (χ0v) is 25.1. The van der Waals surface area contributed by atoms with Crippen molar-refractivity contribution in [2.45, 2.75) is 13.8 Å². The molecule has 0 atom stereocenters. The molecule has 0 saturated heterocycles. The molecule has 0 aliphatic heterocycles. The third-order valence-electron chi connectivity index (χ3n) is 6.67. The van der Waals surface area contributed by atoms with E-state index in [0.717, 1.165) is 22.5 Å². The Kier molecular flexibility index (Phi) is 10.5. The minimum atomic E-state index is -0.375. The van der Waals surface area contributed by atoms with Crippen molar-refractivity contribution in [3.8, 4) is 0 Å². The Morgan fingerprint density at radius 1 is 0.600 bits per heavy atom. The maximum absolute atomic E-state index is 12.1. The van der Waals surface area contributed by atoms with Crippen LogP contribution in [0.1, 0.15) is 43.2 Å². The van der Waals surface area contributed by atoms with Crippen molar-refractivity contribution in [2.75, 3.05) is 10.9 Å². The smallest absolute Gasteiger partial charge is 0.215 e. The molecule has 0 spiro atoms. The standard InChI is InChI=1S/2C17H13N3O2.Cu/c2*1-11-4-6-13(7-5-11)19-20-15-9-12(10-21)17(22)16-14(15)3-2-8-18-16;/h2*2-10,19H,1H3;/b2*20-15-;. The molecule has 0 amide bonds. The van der Waals surface area contributed by atoms with Gasteiger partial charge in [0, 0.05) is 40.6 Å². The van der Waals surface area contributed by atoms with Crippen molar-refractivity contribution in [2.24, 2.45) is 10.2 Å². The van der Waals surface area contributed by atoms with Gasteiger partial charge in [0.15, 0.2) is 12.6 Å². The van der Waals surface area contributed by atoms with Gasteiger partial charge in [0.05, 0.1) is 33.9 Å². The van der Waals surface area contributed by atoms with Crippen molar-refractivity contribution in [1.82, 2.24) is 9.97 Å². The number of anilines is 2. The number of rotatable bonds is 6. The molecule has 2 aromatic carbocycles. The molecule has 11 heteroatoms. The fraction of sp³-hybridized carbons (Fsp3) is 0.0588. The second-order valence-corrected chi connectivity index (χ2v) is 9.84. The van der Waals surface area contributed by atoms with Crippen LogP contribution >= 0.6 is 0 Å². The van der Waals surface area contributed by atoms with Gasteiger partial charge < -0.3 is 0 Å². The van der Waals surface area contributed by atoms with Gasteiger partial charge in [0.2, 0.25) is 11.6 Å². The zero-order chi connectivity index (χ0) is 31.1. The maximum atomic E-state index is 12.1. The maximum Gasteiger partial charge on any atom is 0.215 e. The Morgan fingerprint density at radius 3 is 1.33 bits per heavy atom. The Balaban J connectivity index is 0.000000200. The van der Waals surface area contributed by atoms with Crippen LogP contribution in [0.5, 0.6) is 0 Å². The molecule has 2 aromatic heterocycles. The first-order valence-corrected chi connectivity index (χ1v) is 13.5. The third-order valence-corrected chi connectivity index (χ3v) is 6.67. The Hall–Kier alpha value is -5.64. The first-order valence-electron chi connectivity index (χ1n) is 13.5. The SMILES string of the molecule is Cc1ccc(N/N=C2/C=C(C=O)C(=O)c3ncccc32)cc1.Cc1ccc(N/N=C2/C=C(C=O)C(=O)c3ncccc32)cc1.[Cu]. The van der Waals surface area contributed by atoms with E-state index < -0.39 is 0 Å². The number of aromatic nitrogens is 2. The summed E-state index contributed by atoms with van der Waals surface area (Å²) >= 11 is 0. The molecule has 2 heterocycles. The summed E-state index contributed by atoms with van der Waals surface area (Å²) in [7, 11) is 0. The number of benzene rings is 2. The van der Waals surface area contributed by atoms with Crippen LogP contribution in [0.4, 0.5) is 11.4 Å². The van der Waals surface area contributed by atoms with Crippen LogP contribution in [0, 0.1) is 13.8 Å². The van der Waals surface area contributed by atoms with Gasteiger partial charge in [-0.1, -0.05) is 35.4 Å². The summed E-state index contributed by atoms with van der Waals surface area (Å²) in [5.74, 6) is -0.750. The topological polar surface area (TPSA) is 143 Å². The quantitative estimate of drug-likeness (QED) is 0.128. The second kappa shape index (κ2) is 14.7. The number of hydrazone groups is 2. The van der Waals surface area contributed by atoms with Crippen molar-refractivity contribution < 1.29 is 36.2 Å². The number of fused-ring (bicyclic) bond motifs is 2. The summed E-state index contributed by atoms with van der Waals surface area (Å²) in [6, 6.07) is 22.5. The molecule has 6 rings (SSSR count). The number of pyridine rings is 2. The first-order chi connectivity index (χ1) is 21.4. The summed E-state index contributed by atoms with van der Waals surface area (Å²) in [5.41, 5.74) is 12.6. The van der Waals surface area contributed by atoms with Gasteiger partial charge in [-0.25, -0.2) is 0 Å². The predicted octanol–water partition coefficient (Wildman–Crippen LogP) is 5.05.